The molecule has 0 spiro atoms. The van der Waals surface area contributed by atoms with Crippen LogP contribution in [0.2, 0.25) is 0 Å². The summed E-state index contributed by atoms with van der Waals surface area (Å²) in [6.07, 6.45) is 1.23. The summed E-state index contributed by atoms with van der Waals surface area (Å²) in [4.78, 5) is 12.2. The second-order valence-corrected chi connectivity index (χ2v) is 6.30. The van der Waals surface area contributed by atoms with E-state index in [0.717, 1.165) is 0 Å². The lowest BCUT2D eigenvalue weighted by atomic mass is 9.57. The number of hydrogen-bond acceptors (Lipinski definition) is 3. The van der Waals surface area contributed by atoms with E-state index in [1.807, 2.05) is 7.05 Å². The molecule has 3 nitrogen and oxygen atoms in total. The first-order valence-electron chi connectivity index (χ1n) is 6.15. The molecule has 5 saturated carbocycles. The Hall–Kier alpha value is -0.410. The lowest BCUT2D eigenvalue weighted by Gasteiger charge is -2.50. The average Bonchev–Trinajstić information content (AvgIpc) is 2.67. The van der Waals surface area contributed by atoms with Crippen molar-refractivity contribution in [1.82, 2.24) is 5.32 Å². The van der Waals surface area contributed by atoms with Crippen molar-refractivity contribution in [2.45, 2.75) is 12.1 Å². The molecule has 0 aliphatic heterocycles. The van der Waals surface area contributed by atoms with Crippen LogP contribution in [-0.4, -0.2) is 23.7 Å². The standard InChI is InChI=1S/C12H15NO2/c1-13-12(15)9-4-2-3-5-6(4)10(12)8(5)11(14)7(3)9/h3-10,13,15H,2H2,1H3/t3-,4+,5-,6+,7+,8-,9-,10-,12-/m1/s1. The van der Waals surface area contributed by atoms with E-state index in [1.165, 1.54) is 6.42 Å². The molecular weight excluding hydrogens is 190 g/mol. The minimum absolute atomic E-state index is 0.220. The fourth-order valence-electron chi connectivity index (χ4n) is 6.55. The molecule has 0 aromatic carbocycles. The summed E-state index contributed by atoms with van der Waals surface area (Å²) in [5.74, 6) is 4.15. The van der Waals surface area contributed by atoms with Gasteiger partial charge in [0, 0.05) is 23.7 Å². The number of carbonyl (C=O) groups excluding carboxylic acids is 1. The van der Waals surface area contributed by atoms with Crippen molar-refractivity contribution in [3.63, 3.8) is 0 Å². The second-order valence-electron chi connectivity index (χ2n) is 6.30. The highest BCUT2D eigenvalue weighted by molar-refractivity contribution is 5.91. The number of ketones is 1. The molecular formula is C12H15NO2. The van der Waals surface area contributed by atoms with Gasteiger partial charge in [-0.3, -0.25) is 10.1 Å². The summed E-state index contributed by atoms with van der Waals surface area (Å²) in [5.41, 5.74) is -0.694. The number of rotatable bonds is 1. The van der Waals surface area contributed by atoms with Gasteiger partial charge in [0.2, 0.25) is 0 Å². The number of Topliss-reactive ketones (excluding diaryl/α,β-unsaturated/α-hetero) is 1. The molecule has 0 aromatic rings. The number of nitrogens with one attached hydrogen (secondary N) is 1. The van der Waals surface area contributed by atoms with Gasteiger partial charge < -0.3 is 5.11 Å². The van der Waals surface area contributed by atoms with Gasteiger partial charge in [-0.05, 0) is 37.1 Å². The highest BCUT2D eigenvalue weighted by atomic mass is 16.3. The minimum Gasteiger partial charge on any atom is -0.375 e. The Morgan fingerprint density at radius 3 is 2.80 bits per heavy atom. The van der Waals surface area contributed by atoms with Crippen LogP contribution in [0, 0.1) is 47.3 Å². The van der Waals surface area contributed by atoms with Crippen molar-refractivity contribution in [2.75, 3.05) is 7.05 Å². The largest absolute Gasteiger partial charge is 0.375 e. The maximum absolute atomic E-state index is 12.2. The highest BCUT2D eigenvalue weighted by Crippen LogP contribution is 2.83. The molecule has 2 bridgehead atoms. The SMILES string of the molecule is CN[C@@]1(O)[C@@H]2[C@H]3C[C@H]4[C@@H]2C(=O)[C@@H]2[C@H]4[C@H]3[C@H]21. The number of fused-ring (bicyclic) bond motifs is 2. The smallest absolute Gasteiger partial charge is 0.140 e. The van der Waals surface area contributed by atoms with Crippen LogP contribution < -0.4 is 5.32 Å². The zero-order valence-electron chi connectivity index (χ0n) is 8.68. The molecule has 0 radical (unpaired) electrons. The third kappa shape index (κ3) is 0.466. The van der Waals surface area contributed by atoms with Gasteiger partial charge in [0.1, 0.15) is 11.5 Å². The Morgan fingerprint density at radius 2 is 2.07 bits per heavy atom. The van der Waals surface area contributed by atoms with Crippen LogP contribution in [0.1, 0.15) is 6.42 Å². The molecule has 80 valence electrons. The van der Waals surface area contributed by atoms with Crippen LogP contribution in [0.15, 0.2) is 0 Å². The van der Waals surface area contributed by atoms with Crippen LogP contribution in [0.3, 0.4) is 0 Å². The van der Waals surface area contributed by atoms with E-state index in [1.54, 1.807) is 0 Å². The molecule has 15 heavy (non-hydrogen) atoms. The van der Waals surface area contributed by atoms with Crippen molar-refractivity contribution in [3.8, 4) is 0 Å². The summed E-state index contributed by atoms with van der Waals surface area (Å²) in [7, 11) is 1.86. The second kappa shape index (κ2) is 1.80. The molecule has 3 heteroatoms. The molecule has 0 aromatic heterocycles. The van der Waals surface area contributed by atoms with E-state index in [9.17, 15) is 9.90 Å². The van der Waals surface area contributed by atoms with Crippen molar-refractivity contribution in [2.24, 2.45) is 47.3 Å². The third-order valence-electron chi connectivity index (χ3n) is 6.58. The Kier molecular flexibility index (Phi) is 0.936. The summed E-state index contributed by atoms with van der Waals surface area (Å²) < 4.78 is 0. The van der Waals surface area contributed by atoms with Crippen LogP contribution in [0.25, 0.3) is 0 Å². The Morgan fingerprint density at radius 1 is 1.27 bits per heavy atom. The normalized spacial score (nSPS) is 75.7. The van der Waals surface area contributed by atoms with Crippen LogP contribution in [-0.2, 0) is 4.79 Å². The van der Waals surface area contributed by atoms with Gasteiger partial charge in [-0.25, -0.2) is 0 Å². The van der Waals surface area contributed by atoms with Gasteiger partial charge in [0.15, 0.2) is 0 Å². The summed E-state index contributed by atoms with van der Waals surface area (Å²) >= 11 is 0. The third-order valence-corrected chi connectivity index (χ3v) is 6.58. The Bertz CT molecular complexity index is 408. The predicted molar refractivity (Wildman–Crippen MR) is 51.6 cm³/mol. The van der Waals surface area contributed by atoms with Crippen molar-refractivity contribution >= 4 is 5.78 Å². The zero-order valence-corrected chi connectivity index (χ0v) is 8.68. The first-order chi connectivity index (χ1) is 7.20. The van der Waals surface area contributed by atoms with Crippen molar-refractivity contribution in [1.29, 1.82) is 0 Å². The van der Waals surface area contributed by atoms with E-state index in [0.29, 0.717) is 29.5 Å². The minimum atomic E-state index is -0.694. The molecule has 5 fully saturated rings. The average molecular weight is 205 g/mol. The van der Waals surface area contributed by atoms with E-state index >= 15 is 0 Å². The molecule has 0 unspecified atom stereocenters. The maximum Gasteiger partial charge on any atom is 0.140 e. The Labute approximate surface area is 88.2 Å². The van der Waals surface area contributed by atoms with E-state index in [2.05, 4.69) is 5.32 Å². The van der Waals surface area contributed by atoms with Crippen LogP contribution in [0.4, 0.5) is 0 Å². The molecule has 5 aliphatic carbocycles. The first kappa shape index (κ1) is 7.80. The molecule has 5 rings (SSSR count). The van der Waals surface area contributed by atoms with Crippen LogP contribution in [0.5, 0.6) is 0 Å². The lowest BCUT2D eigenvalue weighted by molar-refractivity contribution is -0.167. The van der Waals surface area contributed by atoms with Gasteiger partial charge >= 0.3 is 0 Å². The molecule has 0 saturated heterocycles. The number of carbonyl (C=O) groups is 1. The van der Waals surface area contributed by atoms with Gasteiger partial charge in [-0.1, -0.05) is 0 Å². The summed E-state index contributed by atoms with van der Waals surface area (Å²) in [5, 5.41) is 13.9. The maximum atomic E-state index is 12.2. The predicted octanol–water partition coefficient (Wildman–Crippen LogP) is -0.149. The fraction of sp³-hybridized carbons (Fsp3) is 0.917. The molecule has 2 N–H and O–H groups in total. The van der Waals surface area contributed by atoms with Crippen molar-refractivity contribution < 1.29 is 9.90 Å². The molecule has 0 amide bonds. The van der Waals surface area contributed by atoms with Gasteiger partial charge in [0.25, 0.3) is 0 Å². The summed E-state index contributed by atoms with van der Waals surface area (Å²) in [6, 6.07) is 0. The highest BCUT2D eigenvalue weighted by Gasteiger charge is 2.87. The lowest BCUT2D eigenvalue weighted by Crippen LogP contribution is -2.63. The number of aliphatic hydroxyl groups is 1. The first-order valence-corrected chi connectivity index (χ1v) is 6.15. The molecule has 5 aliphatic rings. The molecule has 0 heterocycles. The monoisotopic (exact) mass is 205 g/mol. The summed E-state index contributed by atoms with van der Waals surface area (Å²) in [6.45, 7) is 0. The van der Waals surface area contributed by atoms with Gasteiger partial charge in [-0.2, -0.15) is 0 Å². The Balaban J connectivity index is 1.81. The van der Waals surface area contributed by atoms with Crippen LogP contribution >= 0.6 is 0 Å². The quantitative estimate of drug-likeness (QED) is 0.585. The van der Waals surface area contributed by atoms with E-state index in [4.69, 9.17) is 0 Å². The van der Waals surface area contributed by atoms with E-state index in [-0.39, 0.29) is 23.7 Å². The zero-order chi connectivity index (χ0) is 10.1. The van der Waals surface area contributed by atoms with Gasteiger partial charge in [0.05, 0.1) is 0 Å². The molecule has 9 atom stereocenters. The topological polar surface area (TPSA) is 49.3 Å². The van der Waals surface area contributed by atoms with E-state index < -0.39 is 5.72 Å². The van der Waals surface area contributed by atoms with Gasteiger partial charge in [-0.15, -0.1) is 0 Å². The fourth-order valence-corrected chi connectivity index (χ4v) is 6.55. The van der Waals surface area contributed by atoms with Crippen molar-refractivity contribution in [3.05, 3.63) is 0 Å². The number of hydrogen-bond donors (Lipinski definition) is 2.